The van der Waals surface area contributed by atoms with Crippen molar-refractivity contribution in [3.63, 3.8) is 0 Å². The topological polar surface area (TPSA) is 90.2 Å². The van der Waals surface area contributed by atoms with Gasteiger partial charge >= 0.3 is 0 Å². The molecular weight excluding hydrogens is 244 g/mol. The average Bonchev–Trinajstić information content (AvgIpc) is 2.34. The largest absolute Gasteiger partial charge is 0.491 e. The van der Waals surface area contributed by atoms with Crippen LogP contribution >= 0.6 is 0 Å². The van der Waals surface area contributed by atoms with Gasteiger partial charge in [0.15, 0.2) is 0 Å². The summed E-state index contributed by atoms with van der Waals surface area (Å²) in [5.74, 6) is 0.569. The van der Waals surface area contributed by atoms with E-state index in [4.69, 9.17) is 10.3 Å². The first-order chi connectivity index (χ1) is 8.90. The zero-order chi connectivity index (χ0) is 14.3. The lowest BCUT2D eigenvalue weighted by molar-refractivity contribution is 0.100. The first-order valence-electron chi connectivity index (χ1n) is 6.12. The molecule has 19 heavy (non-hydrogen) atoms. The predicted octanol–water partition coefficient (Wildman–Crippen LogP) is 2.76. The number of benzene rings is 1. The maximum absolute atomic E-state index is 9.78. The molecule has 0 amide bonds. The molecule has 6 heteroatoms. The predicted molar refractivity (Wildman–Crippen MR) is 74.5 cm³/mol. The summed E-state index contributed by atoms with van der Waals surface area (Å²) in [5, 5.41) is 16.5. The molecular formula is C13H20N4O2. The number of hydrogen-bond donors (Lipinski definition) is 2. The molecule has 1 atom stereocenters. The third kappa shape index (κ3) is 6.67. The number of nitrogens with zero attached hydrogens (tertiary/aromatic N) is 3. The molecule has 1 unspecified atom stereocenters. The van der Waals surface area contributed by atoms with Crippen molar-refractivity contribution >= 4 is 5.69 Å². The van der Waals surface area contributed by atoms with Gasteiger partial charge in [-0.05, 0) is 38.4 Å². The van der Waals surface area contributed by atoms with E-state index in [0.717, 1.165) is 0 Å². The Labute approximate surface area is 113 Å². The normalized spacial score (nSPS) is 12.6. The van der Waals surface area contributed by atoms with Crippen LogP contribution in [0, 0.1) is 0 Å². The van der Waals surface area contributed by atoms with Gasteiger partial charge < -0.3 is 15.2 Å². The summed E-state index contributed by atoms with van der Waals surface area (Å²) in [6.45, 7) is 6.74. The number of aliphatic hydroxyl groups excluding tert-OH is 1. The van der Waals surface area contributed by atoms with Crippen LogP contribution in [0.5, 0.6) is 5.75 Å². The summed E-state index contributed by atoms with van der Waals surface area (Å²) >= 11 is 0. The number of ether oxygens (including phenoxy) is 1. The van der Waals surface area contributed by atoms with E-state index in [0.29, 0.717) is 18.0 Å². The first kappa shape index (κ1) is 15.3. The van der Waals surface area contributed by atoms with Crippen molar-refractivity contribution in [2.45, 2.75) is 32.4 Å². The highest BCUT2D eigenvalue weighted by atomic mass is 16.5. The van der Waals surface area contributed by atoms with Crippen LogP contribution in [0.2, 0.25) is 0 Å². The van der Waals surface area contributed by atoms with Crippen LogP contribution in [-0.4, -0.2) is 29.9 Å². The van der Waals surface area contributed by atoms with E-state index in [1.807, 2.05) is 20.8 Å². The quantitative estimate of drug-likeness (QED) is 0.470. The molecule has 0 aromatic heterocycles. The highest BCUT2D eigenvalue weighted by molar-refractivity contribution is 5.42. The molecule has 6 nitrogen and oxygen atoms in total. The van der Waals surface area contributed by atoms with Gasteiger partial charge in [0.25, 0.3) is 0 Å². The molecule has 0 heterocycles. The number of azide groups is 1. The lowest BCUT2D eigenvalue weighted by atomic mass is 10.1. The lowest BCUT2D eigenvalue weighted by Gasteiger charge is -2.22. The molecule has 1 aromatic rings. The molecule has 0 spiro atoms. The van der Waals surface area contributed by atoms with Gasteiger partial charge in [-0.3, -0.25) is 0 Å². The van der Waals surface area contributed by atoms with Gasteiger partial charge in [-0.15, -0.1) is 0 Å². The van der Waals surface area contributed by atoms with Crippen LogP contribution in [0.3, 0.4) is 0 Å². The number of rotatable bonds is 6. The molecule has 0 aliphatic carbocycles. The number of aliphatic hydroxyl groups is 1. The lowest BCUT2D eigenvalue weighted by Crippen LogP contribution is -2.42. The van der Waals surface area contributed by atoms with E-state index >= 15 is 0 Å². The highest BCUT2D eigenvalue weighted by Crippen LogP contribution is 2.20. The summed E-state index contributed by atoms with van der Waals surface area (Å²) in [4.78, 5) is 2.71. The van der Waals surface area contributed by atoms with Crippen molar-refractivity contribution in [1.29, 1.82) is 0 Å². The third-order valence-electron chi connectivity index (χ3n) is 2.29. The Morgan fingerprint density at radius 1 is 1.47 bits per heavy atom. The van der Waals surface area contributed by atoms with Crippen LogP contribution in [-0.2, 0) is 0 Å². The standard InChI is InChI=1S/C13H20N4O2/c1-13(2,3)15-8-11(18)9-19-12-6-4-5-10(7-12)16-17-14/h4-7,11,15,18H,8-9H2,1-3H3. The fraction of sp³-hybridized carbons (Fsp3) is 0.538. The van der Waals surface area contributed by atoms with Gasteiger partial charge in [0.05, 0.1) is 0 Å². The first-order valence-corrected chi connectivity index (χ1v) is 6.12. The Morgan fingerprint density at radius 2 is 2.21 bits per heavy atom. The van der Waals surface area contributed by atoms with Gasteiger partial charge in [0, 0.05) is 22.7 Å². The second kappa shape index (κ2) is 6.99. The molecule has 0 saturated heterocycles. The minimum atomic E-state index is -0.595. The zero-order valence-electron chi connectivity index (χ0n) is 11.5. The van der Waals surface area contributed by atoms with Crippen LogP contribution in [0.25, 0.3) is 10.4 Å². The van der Waals surface area contributed by atoms with Crippen molar-refractivity contribution in [1.82, 2.24) is 5.32 Å². The fourth-order valence-electron chi connectivity index (χ4n) is 1.36. The summed E-state index contributed by atoms with van der Waals surface area (Å²) < 4.78 is 5.45. The zero-order valence-corrected chi connectivity index (χ0v) is 11.5. The maximum Gasteiger partial charge on any atom is 0.119 e. The monoisotopic (exact) mass is 264 g/mol. The van der Waals surface area contributed by atoms with E-state index < -0.39 is 6.10 Å². The van der Waals surface area contributed by atoms with Crippen LogP contribution < -0.4 is 10.1 Å². The van der Waals surface area contributed by atoms with Crippen molar-refractivity contribution in [2.75, 3.05) is 13.2 Å². The Bertz CT molecular complexity index is 450. The Hall–Kier alpha value is -1.75. The van der Waals surface area contributed by atoms with Crippen molar-refractivity contribution in [2.24, 2.45) is 5.11 Å². The Kier molecular flexibility index (Phi) is 5.63. The van der Waals surface area contributed by atoms with Crippen molar-refractivity contribution in [3.8, 4) is 5.75 Å². The Balaban J connectivity index is 2.43. The minimum Gasteiger partial charge on any atom is -0.491 e. The van der Waals surface area contributed by atoms with Crippen LogP contribution in [0.15, 0.2) is 29.4 Å². The van der Waals surface area contributed by atoms with Crippen LogP contribution in [0.1, 0.15) is 20.8 Å². The molecule has 1 aromatic carbocycles. The van der Waals surface area contributed by atoms with E-state index in [1.54, 1.807) is 24.3 Å². The molecule has 0 aliphatic heterocycles. The molecule has 0 fully saturated rings. The Morgan fingerprint density at radius 3 is 2.84 bits per heavy atom. The second-order valence-corrected chi connectivity index (χ2v) is 5.28. The molecule has 0 aliphatic rings. The van der Waals surface area contributed by atoms with E-state index in [2.05, 4.69) is 15.3 Å². The van der Waals surface area contributed by atoms with E-state index in [1.165, 1.54) is 0 Å². The second-order valence-electron chi connectivity index (χ2n) is 5.28. The number of nitrogens with one attached hydrogen (secondary N) is 1. The maximum atomic E-state index is 9.78. The summed E-state index contributed by atoms with van der Waals surface area (Å²) in [6.07, 6.45) is -0.595. The number of β-amino-alcohol motifs (C(OH)–C–C–N with tert-alkyl or cyclic N) is 1. The van der Waals surface area contributed by atoms with E-state index in [-0.39, 0.29) is 12.1 Å². The molecule has 1 rings (SSSR count). The van der Waals surface area contributed by atoms with Gasteiger partial charge in [-0.25, -0.2) is 0 Å². The highest BCUT2D eigenvalue weighted by Gasteiger charge is 2.12. The third-order valence-corrected chi connectivity index (χ3v) is 2.29. The minimum absolute atomic E-state index is 0.0393. The van der Waals surface area contributed by atoms with Gasteiger partial charge in [-0.2, -0.15) is 0 Å². The molecule has 104 valence electrons. The molecule has 0 radical (unpaired) electrons. The number of hydrogen-bond acceptors (Lipinski definition) is 4. The molecule has 0 saturated carbocycles. The van der Waals surface area contributed by atoms with Gasteiger partial charge in [0.1, 0.15) is 18.5 Å². The SMILES string of the molecule is CC(C)(C)NCC(O)COc1cccc(N=[N+]=[N-])c1. The van der Waals surface area contributed by atoms with Crippen molar-refractivity contribution in [3.05, 3.63) is 34.7 Å². The summed E-state index contributed by atoms with van der Waals surface area (Å²) in [7, 11) is 0. The molecule has 2 N–H and O–H groups in total. The van der Waals surface area contributed by atoms with Crippen LogP contribution in [0.4, 0.5) is 5.69 Å². The van der Waals surface area contributed by atoms with Gasteiger partial charge in [0.2, 0.25) is 0 Å². The molecule has 0 bridgehead atoms. The van der Waals surface area contributed by atoms with Gasteiger partial charge in [-0.1, -0.05) is 17.2 Å². The summed E-state index contributed by atoms with van der Waals surface area (Å²) in [6, 6.07) is 6.80. The average molecular weight is 264 g/mol. The van der Waals surface area contributed by atoms with E-state index in [9.17, 15) is 5.11 Å². The summed E-state index contributed by atoms with van der Waals surface area (Å²) in [5.41, 5.74) is 8.79. The van der Waals surface area contributed by atoms with Crippen molar-refractivity contribution < 1.29 is 9.84 Å². The fourth-order valence-corrected chi connectivity index (χ4v) is 1.36. The smallest absolute Gasteiger partial charge is 0.119 e.